The monoisotopic (exact) mass is 343 g/mol. The molecule has 1 atom stereocenters. The van der Waals surface area contributed by atoms with Gasteiger partial charge in [0.15, 0.2) is 0 Å². The highest BCUT2D eigenvalue weighted by Gasteiger charge is 2.30. The van der Waals surface area contributed by atoms with Crippen LogP contribution in [0.1, 0.15) is 29.7 Å². The van der Waals surface area contributed by atoms with E-state index in [0.717, 1.165) is 6.07 Å². The molecule has 0 amide bonds. The predicted octanol–water partition coefficient (Wildman–Crippen LogP) is 5.75. The average molecular weight is 343 g/mol. The summed E-state index contributed by atoms with van der Waals surface area (Å²) in [5.41, 5.74) is 1.29. The molecular weight excluding hydrogens is 323 g/mol. The van der Waals surface area contributed by atoms with E-state index in [1.54, 1.807) is 6.07 Å². The molecule has 1 unspecified atom stereocenters. The first-order valence-corrected chi connectivity index (χ1v) is 8.32. The Kier molecular flexibility index (Phi) is 5.09. The molecule has 1 N–H and O–H groups in total. The molecule has 4 heteroatoms. The number of alkyl halides is 3. The van der Waals surface area contributed by atoms with Crippen molar-refractivity contribution in [1.82, 2.24) is 5.32 Å². The van der Waals surface area contributed by atoms with Gasteiger partial charge in [-0.15, -0.1) is 0 Å². The van der Waals surface area contributed by atoms with Gasteiger partial charge in [0.25, 0.3) is 0 Å². The lowest BCUT2D eigenvalue weighted by Crippen LogP contribution is -2.21. The van der Waals surface area contributed by atoms with E-state index < -0.39 is 11.7 Å². The maximum Gasteiger partial charge on any atom is 0.416 e. The summed E-state index contributed by atoms with van der Waals surface area (Å²) in [4.78, 5) is 0. The molecule has 130 valence electrons. The van der Waals surface area contributed by atoms with Crippen molar-refractivity contribution in [2.24, 2.45) is 0 Å². The Morgan fingerprint density at radius 1 is 0.920 bits per heavy atom. The van der Waals surface area contributed by atoms with Gasteiger partial charge in [0.1, 0.15) is 0 Å². The molecule has 0 saturated carbocycles. The molecular formula is C21H20F3N. The Morgan fingerprint density at radius 3 is 2.44 bits per heavy atom. The van der Waals surface area contributed by atoms with E-state index >= 15 is 0 Å². The third-order valence-electron chi connectivity index (χ3n) is 4.41. The Labute approximate surface area is 145 Å². The second-order valence-corrected chi connectivity index (χ2v) is 6.19. The van der Waals surface area contributed by atoms with Crippen molar-refractivity contribution < 1.29 is 13.2 Å². The topological polar surface area (TPSA) is 12.0 Å². The summed E-state index contributed by atoms with van der Waals surface area (Å²) in [6, 6.07) is 20.0. The fourth-order valence-electron chi connectivity index (χ4n) is 3.07. The van der Waals surface area contributed by atoms with Crippen LogP contribution in [0.5, 0.6) is 0 Å². The second kappa shape index (κ2) is 7.28. The van der Waals surface area contributed by atoms with Gasteiger partial charge in [0.05, 0.1) is 5.56 Å². The summed E-state index contributed by atoms with van der Waals surface area (Å²) >= 11 is 0. The van der Waals surface area contributed by atoms with Gasteiger partial charge < -0.3 is 5.32 Å². The van der Waals surface area contributed by atoms with E-state index in [0.29, 0.717) is 18.5 Å². The maximum atomic E-state index is 12.8. The molecule has 0 heterocycles. The molecule has 0 fully saturated rings. The molecule has 1 nitrogen and oxygen atoms in total. The van der Waals surface area contributed by atoms with Crippen molar-refractivity contribution >= 4 is 10.8 Å². The molecule has 25 heavy (non-hydrogen) atoms. The minimum absolute atomic E-state index is 0.122. The number of benzene rings is 3. The van der Waals surface area contributed by atoms with Crippen molar-refractivity contribution in [3.63, 3.8) is 0 Å². The molecule has 3 aromatic carbocycles. The third-order valence-corrected chi connectivity index (χ3v) is 4.41. The van der Waals surface area contributed by atoms with Crippen LogP contribution in [0.3, 0.4) is 0 Å². The highest BCUT2D eigenvalue weighted by atomic mass is 19.4. The van der Waals surface area contributed by atoms with Crippen LogP contribution in [0, 0.1) is 0 Å². The highest BCUT2D eigenvalue weighted by molar-refractivity contribution is 5.86. The third kappa shape index (κ3) is 4.20. The number of fused-ring (bicyclic) bond motifs is 1. The summed E-state index contributed by atoms with van der Waals surface area (Å²) in [6.45, 7) is 2.69. The van der Waals surface area contributed by atoms with Gasteiger partial charge in [-0.2, -0.15) is 13.2 Å². The SMILES string of the molecule is CC(NCCc1cccc(C(F)(F)F)c1)c1cccc2ccccc12. The largest absolute Gasteiger partial charge is 0.416 e. The zero-order valence-corrected chi connectivity index (χ0v) is 14.0. The van der Waals surface area contributed by atoms with E-state index in [1.807, 2.05) is 18.2 Å². The molecule has 0 saturated heterocycles. The molecule has 3 aromatic rings. The predicted molar refractivity (Wildman–Crippen MR) is 95.5 cm³/mol. The second-order valence-electron chi connectivity index (χ2n) is 6.19. The minimum atomic E-state index is -4.29. The first-order chi connectivity index (χ1) is 11.9. The fraction of sp³-hybridized carbons (Fsp3) is 0.238. The Morgan fingerprint density at radius 2 is 1.64 bits per heavy atom. The summed E-state index contributed by atoms with van der Waals surface area (Å²) in [5, 5.41) is 5.80. The molecule has 0 radical (unpaired) electrons. The van der Waals surface area contributed by atoms with Crippen LogP contribution in [0.25, 0.3) is 10.8 Å². The number of hydrogen-bond acceptors (Lipinski definition) is 1. The lowest BCUT2D eigenvalue weighted by Gasteiger charge is -2.17. The smallest absolute Gasteiger partial charge is 0.310 e. The Bertz CT molecular complexity index is 850. The van der Waals surface area contributed by atoms with Crippen LogP contribution in [0.2, 0.25) is 0 Å². The highest BCUT2D eigenvalue weighted by Crippen LogP contribution is 2.29. The molecule has 0 aliphatic rings. The number of hydrogen-bond donors (Lipinski definition) is 1. The molecule has 0 aliphatic carbocycles. The number of nitrogens with one attached hydrogen (secondary N) is 1. The molecule has 0 aromatic heterocycles. The lowest BCUT2D eigenvalue weighted by molar-refractivity contribution is -0.137. The van der Waals surface area contributed by atoms with Crippen LogP contribution in [0.15, 0.2) is 66.7 Å². The van der Waals surface area contributed by atoms with E-state index in [4.69, 9.17) is 0 Å². The van der Waals surface area contributed by atoms with Crippen LogP contribution in [-0.2, 0) is 12.6 Å². The first-order valence-electron chi connectivity index (χ1n) is 8.32. The van der Waals surface area contributed by atoms with Crippen LogP contribution in [0.4, 0.5) is 13.2 Å². The van der Waals surface area contributed by atoms with Crippen molar-refractivity contribution in [2.75, 3.05) is 6.54 Å². The Balaban J connectivity index is 1.66. The van der Waals surface area contributed by atoms with Crippen molar-refractivity contribution in [2.45, 2.75) is 25.6 Å². The summed E-state index contributed by atoms with van der Waals surface area (Å²) < 4.78 is 38.3. The first kappa shape index (κ1) is 17.5. The number of halogens is 3. The van der Waals surface area contributed by atoms with Crippen molar-refractivity contribution in [3.05, 3.63) is 83.4 Å². The lowest BCUT2D eigenvalue weighted by atomic mass is 9.99. The normalized spacial score (nSPS) is 13.1. The van der Waals surface area contributed by atoms with Gasteiger partial charge in [-0.3, -0.25) is 0 Å². The van der Waals surface area contributed by atoms with Gasteiger partial charge in [0.2, 0.25) is 0 Å². The molecule has 0 spiro atoms. The van der Waals surface area contributed by atoms with Crippen LogP contribution >= 0.6 is 0 Å². The van der Waals surface area contributed by atoms with Gasteiger partial charge in [-0.25, -0.2) is 0 Å². The fourth-order valence-corrected chi connectivity index (χ4v) is 3.07. The van der Waals surface area contributed by atoms with Crippen LogP contribution < -0.4 is 5.32 Å². The van der Waals surface area contributed by atoms with Gasteiger partial charge in [-0.05, 0) is 47.9 Å². The zero-order valence-electron chi connectivity index (χ0n) is 14.0. The molecule has 3 rings (SSSR count). The summed E-state index contributed by atoms with van der Waals surface area (Å²) in [5.74, 6) is 0. The summed E-state index contributed by atoms with van der Waals surface area (Å²) in [7, 11) is 0. The van der Waals surface area contributed by atoms with Gasteiger partial charge in [0, 0.05) is 6.04 Å². The standard InChI is InChI=1S/C21H20F3N/c1-15(19-11-5-8-17-7-2-3-10-20(17)19)25-13-12-16-6-4-9-18(14-16)21(22,23)24/h2-11,14-15,25H,12-13H2,1H3. The van der Waals surface area contributed by atoms with E-state index in [-0.39, 0.29) is 6.04 Å². The molecule has 0 aliphatic heterocycles. The Hall–Kier alpha value is -2.33. The van der Waals surface area contributed by atoms with Crippen molar-refractivity contribution in [1.29, 1.82) is 0 Å². The minimum Gasteiger partial charge on any atom is -0.310 e. The van der Waals surface area contributed by atoms with E-state index in [9.17, 15) is 13.2 Å². The van der Waals surface area contributed by atoms with Crippen LogP contribution in [-0.4, -0.2) is 6.54 Å². The van der Waals surface area contributed by atoms with E-state index in [1.165, 1.54) is 28.5 Å². The van der Waals surface area contributed by atoms with Crippen molar-refractivity contribution in [3.8, 4) is 0 Å². The van der Waals surface area contributed by atoms with E-state index in [2.05, 4.69) is 36.5 Å². The zero-order chi connectivity index (χ0) is 17.9. The average Bonchev–Trinajstić information content (AvgIpc) is 2.60. The molecule has 0 bridgehead atoms. The van der Waals surface area contributed by atoms with Gasteiger partial charge >= 0.3 is 6.18 Å². The quantitative estimate of drug-likeness (QED) is 0.622. The number of rotatable bonds is 5. The van der Waals surface area contributed by atoms with Gasteiger partial charge in [-0.1, -0.05) is 60.7 Å². The maximum absolute atomic E-state index is 12.8. The summed E-state index contributed by atoms with van der Waals surface area (Å²) in [6.07, 6.45) is -3.74.